The van der Waals surface area contributed by atoms with Gasteiger partial charge in [0.1, 0.15) is 17.3 Å². The SMILES string of the molecule is CCCOc1ccc(Oc2nccc(C)c2C(=N)N)cc1. The van der Waals surface area contributed by atoms with E-state index in [2.05, 4.69) is 11.9 Å². The van der Waals surface area contributed by atoms with Gasteiger partial charge < -0.3 is 15.2 Å². The summed E-state index contributed by atoms with van der Waals surface area (Å²) in [4.78, 5) is 4.15. The summed E-state index contributed by atoms with van der Waals surface area (Å²) in [7, 11) is 0. The van der Waals surface area contributed by atoms with Crippen LogP contribution >= 0.6 is 0 Å². The molecule has 1 aromatic carbocycles. The minimum absolute atomic E-state index is 0.0569. The third kappa shape index (κ3) is 3.72. The first-order valence-corrected chi connectivity index (χ1v) is 6.82. The zero-order chi connectivity index (χ0) is 15.2. The molecule has 0 atom stereocenters. The first kappa shape index (κ1) is 14.8. The van der Waals surface area contributed by atoms with Gasteiger partial charge in [-0.3, -0.25) is 5.41 Å². The van der Waals surface area contributed by atoms with Gasteiger partial charge in [0.25, 0.3) is 0 Å². The molecule has 110 valence electrons. The van der Waals surface area contributed by atoms with Gasteiger partial charge in [-0.2, -0.15) is 0 Å². The number of hydrogen-bond donors (Lipinski definition) is 2. The van der Waals surface area contributed by atoms with Gasteiger partial charge in [0.15, 0.2) is 0 Å². The number of aromatic nitrogens is 1. The van der Waals surface area contributed by atoms with Crippen molar-refractivity contribution in [2.24, 2.45) is 5.73 Å². The van der Waals surface area contributed by atoms with Crippen molar-refractivity contribution in [3.8, 4) is 17.4 Å². The summed E-state index contributed by atoms with van der Waals surface area (Å²) in [6.07, 6.45) is 2.60. The van der Waals surface area contributed by atoms with Crippen LogP contribution in [0.5, 0.6) is 17.4 Å². The van der Waals surface area contributed by atoms with Crippen molar-refractivity contribution in [3.63, 3.8) is 0 Å². The average Bonchev–Trinajstić information content (AvgIpc) is 2.46. The van der Waals surface area contributed by atoms with Crippen LogP contribution in [0, 0.1) is 12.3 Å². The maximum absolute atomic E-state index is 7.63. The summed E-state index contributed by atoms with van der Waals surface area (Å²) in [5.41, 5.74) is 6.97. The second-order valence-corrected chi connectivity index (χ2v) is 4.64. The number of nitrogens with two attached hydrogens (primary N) is 1. The van der Waals surface area contributed by atoms with Gasteiger partial charge in [-0.25, -0.2) is 4.98 Å². The Hall–Kier alpha value is -2.56. The van der Waals surface area contributed by atoms with Crippen molar-refractivity contribution < 1.29 is 9.47 Å². The quantitative estimate of drug-likeness (QED) is 0.630. The second-order valence-electron chi connectivity index (χ2n) is 4.64. The first-order valence-electron chi connectivity index (χ1n) is 6.82. The lowest BCUT2D eigenvalue weighted by Gasteiger charge is -2.11. The molecule has 1 aromatic heterocycles. The van der Waals surface area contributed by atoms with E-state index in [1.807, 2.05) is 19.1 Å². The van der Waals surface area contributed by atoms with Crippen molar-refractivity contribution >= 4 is 5.84 Å². The number of aryl methyl sites for hydroxylation is 1. The smallest absolute Gasteiger partial charge is 0.230 e. The number of benzene rings is 1. The number of ether oxygens (including phenoxy) is 2. The number of pyridine rings is 1. The zero-order valence-corrected chi connectivity index (χ0v) is 12.2. The summed E-state index contributed by atoms with van der Waals surface area (Å²) < 4.78 is 11.2. The van der Waals surface area contributed by atoms with E-state index in [0.717, 1.165) is 17.7 Å². The average molecular weight is 285 g/mol. The summed E-state index contributed by atoms with van der Waals surface area (Å²) in [6, 6.07) is 9.09. The molecule has 21 heavy (non-hydrogen) atoms. The van der Waals surface area contributed by atoms with E-state index < -0.39 is 0 Å². The third-order valence-electron chi connectivity index (χ3n) is 2.90. The monoisotopic (exact) mass is 285 g/mol. The predicted molar refractivity (Wildman–Crippen MR) is 82.3 cm³/mol. The largest absolute Gasteiger partial charge is 0.494 e. The molecule has 0 bridgehead atoms. The van der Waals surface area contributed by atoms with Crippen LogP contribution in [0.1, 0.15) is 24.5 Å². The third-order valence-corrected chi connectivity index (χ3v) is 2.90. The molecule has 3 N–H and O–H groups in total. The molecule has 1 heterocycles. The van der Waals surface area contributed by atoms with Gasteiger partial charge in [-0.15, -0.1) is 0 Å². The molecule has 0 spiro atoms. The maximum atomic E-state index is 7.63. The molecule has 0 fully saturated rings. The van der Waals surface area contributed by atoms with E-state index in [4.69, 9.17) is 20.6 Å². The Morgan fingerprint density at radius 3 is 2.48 bits per heavy atom. The van der Waals surface area contributed by atoms with Crippen LogP contribution in [-0.4, -0.2) is 17.4 Å². The second kappa shape index (κ2) is 6.74. The maximum Gasteiger partial charge on any atom is 0.230 e. The lowest BCUT2D eigenvalue weighted by atomic mass is 10.1. The van der Waals surface area contributed by atoms with Crippen LogP contribution in [-0.2, 0) is 0 Å². The molecule has 5 heteroatoms. The fraction of sp³-hybridized carbons (Fsp3) is 0.250. The topological polar surface area (TPSA) is 81.2 Å². The molecular formula is C16H19N3O2. The predicted octanol–water partition coefficient (Wildman–Crippen LogP) is 3.26. The van der Waals surface area contributed by atoms with Crippen molar-refractivity contribution in [2.45, 2.75) is 20.3 Å². The summed E-state index contributed by atoms with van der Waals surface area (Å²) in [5.74, 6) is 1.70. The van der Waals surface area contributed by atoms with Crippen molar-refractivity contribution in [2.75, 3.05) is 6.61 Å². The molecule has 2 aromatic rings. The number of rotatable bonds is 6. The van der Waals surface area contributed by atoms with E-state index in [1.54, 1.807) is 24.4 Å². The summed E-state index contributed by atoms with van der Waals surface area (Å²) in [6.45, 7) is 4.62. The van der Waals surface area contributed by atoms with E-state index in [9.17, 15) is 0 Å². The van der Waals surface area contributed by atoms with Gasteiger partial charge in [-0.05, 0) is 49.2 Å². The van der Waals surface area contributed by atoms with Gasteiger partial charge >= 0.3 is 0 Å². The molecule has 2 rings (SSSR count). The van der Waals surface area contributed by atoms with E-state index >= 15 is 0 Å². The van der Waals surface area contributed by atoms with E-state index in [0.29, 0.717) is 23.8 Å². The standard InChI is InChI=1S/C16H19N3O2/c1-3-10-20-12-4-6-13(7-5-12)21-16-14(15(17)18)11(2)8-9-19-16/h4-9H,3,10H2,1-2H3,(H3,17,18). The molecule has 0 saturated carbocycles. The van der Waals surface area contributed by atoms with Crippen molar-refractivity contribution in [1.29, 1.82) is 5.41 Å². The summed E-state index contributed by atoms with van der Waals surface area (Å²) >= 11 is 0. The fourth-order valence-electron chi connectivity index (χ4n) is 1.87. The van der Waals surface area contributed by atoms with E-state index in [-0.39, 0.29) is 5.84 Å². The normalized spacial score (nSPS) is 10.2. The minimum atomic E-state index is -0.0569. The Morgan fingerprint density at radius 2 is 1.86 bits per heavy atom. The number of nitrogen functional groups attached to an aromatic ring is 1. The number of nitrogens with one attached hydrogen (secondary N) is 1. The molecule has 0 amide bonds. The Balaban J connectivity index is 2.19. The lowest BCUT2D eigenvalue weighted by Crippen LogP contribution is -2.14. The van der Waals surface area contributed by atoms with Crippen molar-refractivity contribution in [1.82, 2.24) is 4.98 Å². The Morgan fingerprint density at radius 1 is 1.19 bits per heavy atom. The number of nitrogens with zero attached hydrogens (tertiary/aromatic N) is 1. The van der Waals surface area contributed by atoms with Crippen LogP contribution in [0.2, 0.25) is 0 Å². The molecule has 0 aliphatic carbocycles. The lowest BCUT2D eigenvalue weighted by molar-refractivity contribution is 0.317. The van der Waals surface area contributed by atoms with Gasteiger partial charge in [-0.1, -0.05) is 6.92 Å². The Bertz CT molecular complexity index is 624. The minimum Gasteiger partial charge on any atom is -0.494 e. The highest BCUT2D eigenvalue weighted by molar-refractivity contribution is 5.98. The molecular weight excluding hydrogens is 266 g/mol. The molecule has 0 saturated heterocycles. The summed E-state index contributed by atoms with van der Waals surface area (Å²) in [5, 5.41) is 7.63. The number of amidine groups is 1. The van der Waals surface area contributed by atoms with Crippen LogP contribution in [0.3, 0.4) is 0 Å². The van der Waals surface area contributed by atoms with Gasteiger partial charge in [0.05, 0.1) is 12.2 Å². The van der Waals surface area contributed by atoms with E-state index in [1.165, 1.54) is 0 Å². The molecule has 0 aliphatic heterocycles. The first-order chi connectivity index (χ1) is 10.1. The van der Waals surface area contributed by atoms with Crippen LogP contribution in [0.4, 0.5) is 0 Å². The zero-order valence-electron chi connectivity index (χ0n) is 12.2. The Kier molecular flexibility index (Phi) is 4.77. The molecule has 5 nitrogen and oxygen atoms in total. The van der Waals surface area contributed by atoms with Crippen molar-refractivity contribution in [3.05, 3.63) is 47.7 Å². The van der Waals surface area contributed by atoms with Gasteiger partial charge in [0.2, 0.25) is 5.88 Å². The number of hydrogen-bond acceptors (Lipinski definition) is 4. The fourth-order valence-corrected chi connectivity index (χ4v) is 1.87. The van der Waals surface area contributed by atoms with Gasteiger partial charge in [0, 0.05) is 6.20 Å². The van der Waals surface area contributed by atoms with Crippen LogP contribution in [0.15, 0.2) is 36.5 Å². The van der Waals surface area contributed by atoms with Crippen LogP contribution < -0.4 is 15.2 Å². The molecule has 0 radical (unpaired) electrons. The molecule has 0 unspecified atom stereocenters. The highest BCUT2D eigenvalue weighted by Crippen LogP contribution is 2.26. The van der Waals surface area contributed by atoms with Crippen LogP contribution in [0.25, 0.3) is 0 Å². The Labute approximate surface area is 124 Å². The highest BCUT2D eigenvalue weighted by Gasteiger charge is 2.12. The molecule has 0 aliphatic rings. The highest BCUT2D eigenvalue weighted by atomic mass is 16.5.